The molecule has 28 heavy (non-hydrogen) atoms. The molecular weight excluding hydrogens is 447 g/mol. The van der Waals surface area contributed by atoms with Gasteiger partial charge in [0.25, 0.3) is 0 Å². The molecule has 150 valence electrons. The number of carbonyl (C=O) groups excluding carboxylic acids is 2. The van der Waals surface area contributed by atoms with Gasteiger partial charge in [0.2, 0.25) is 0 Å². The van der Waals surface area contributed by atoms with E-state index < -0.39 is 46.8 Å². The van der Waals surface area contributed by atoms with E-state index in [1.54, 1.807) is 49.4 Å². The summed E-state index contributed by atoms with van der Waals surface area (Å²) in [5, 5.41) is 0. The second kappa shape index (κ2) is 9.36. The van der Waals surface area contributed by atoms with Gasteiger partial charge in [-0.3, -0.25) is 0 Å². The van der Waals surface area contributed by atoms with Crippen molar-refractivity contribution in [3.63, 3.8) is 0 Å². The Kier molecular flexibility index (Phi) is 7.41. The molecule has 2 aromatic rings. The van der Waals surface area contributed by atoms with Crippen LogP contribution in [0.15, 0.2) is 59.5 Å². The summed E-state index contributed by atoms with van der Waals surface area (Å²) in [5.74, 6) is -1.73. The van der Waals surface area contributed by atoms with Crippen molar-refractivity contribution in [2.24, 2.45) is 0 Å². The number of esters is 2. The number of methoxy groups -OCH3 is 1. The van der Waals surface area contributed by atoms with Crippen molar-refractivity contribution in [2.45, 2.75) is 28.8 Å². The van der Waals surface area contributed by atoms with Crippen LogP contribution >= 0.6 is 0 Å². The number of aryl methyl sites for hydroxylation is 1. The molecule has 0 radical (unpaired) electrons. The average molecular weight is 469 g/mol. The first kappa shape index (κ1) is 22.1. The molecule has 0 aromatic heterocycles. The van der Waals surface area contributed by atoms with Crippen LogP contribution in [0.25, 0.3) is 0 Å². The third-order valence-electron chi connectivity index (χ3n) is 3.98. The van der Waals surface area contributed by atoms with Crippen LogP contribution in [0, 0.1) is 6.92 Å². The van der Waals surface area contributed by atoms with Crippen LogP contribution in [-0.4, -0.2) is 52.7 Å². The molecule has 0 saturated carbocycles. The molecule has 6 nitrogen and oxygen atoms in total. The van der Waals surface area contributed by atoms with Gasteiger partial charge in [-0.15, -0.1) is 0 Å². The number of hydrogen-bond donors (Lipinski definition) is 0. The number of carbonyl (C=O) groups is 2. The van der Waals surface area contributed by atoms with Crippen molar-refractivity contribution >= 4 is 41.2 Å². The molecule has 0 aliphatic carbocycles. The number of hydrogen-bond acceptors (Lipinski definition) is 6. The summed E-state index contributed by atoms with van der Waals surface area (Å²) in [6, 6.07) is 14.9. The fraction of sp³-hybridized carbons (Fsp3) is 0.300. The molecule has 0 N–H and O–H groups in total. The van der Waals surface area contributed by atoms with Crippen molar-refractivity contribution < 1.29 is 27.5 Å². The zero-order chi connectivity index (χ0) is 20.8. The molecule has 0 bridgehead atoms. The van der Waals surface area contributed by atoms with Gasteiger partial charge in [0, 0.05) is 0 Å². The maximum absolute atomic E-state index is 13.6. The van der Waals surface area contributed by atoms with E-state index in [0.717, 1.165) is 12.7 Å². The topological polar surface area (TPSA) is 86.7 Å². The number of ether oxygens (including phenoxy) is 2. The Balaban J connectivity index is 2.70. The molecule has 1 atom stereocenters. The molecule has 0 amide bonds. The summed E-state index contributed by atoms with van der Waals surface area (Å²) in [6.45, 7) is 3.42. The Hall–Kier alpha value is -2.15. The zero-order valence-electron chi connectivity index (χ0n) is 15.9. The molecular formula is C20H22O6SSe. The number of benzene rings is 2. The van der Waals surface area contributed by atoms with Crippen LogP contribution in [0.2, 0.25) is 0 Å². The molecule has 1 unspecified atom stereocenters. The second-order valence-corrected chi connectivity index (χ2v) is 11.6. The monoisotopic (exact) mass is 470 g/mol. The standard InChI is InChI=1S/C20H22O6SSe/c1-4-26-19(22)20(14-18(21)25-3,28-17-8-6-5-7-9-17)27(23,24)16-12-10-15(2)11-13-16/h5-13H,4,14H2,1-3H3. The summed E-state index contributed by atoms with van der Waals surface area (Å²) in [4.78, 5) is 25.2. The summed E-state index contributed by atoms with van der Waals surface area (Å²) >= 11 is -0.946. The molecule has 2 rings (SSSR count). The number of rotatable bonds is 8. The Morgan fingerprint density at radius 2 is 1.64 bits per heavy atom. The van der Waals surface area contributed by atoms with Gasteiger partial charge >= 0.3 is 171 Å². The van der Waals surface area contributed by atoms with Crippen LogP contribution < -0.4 is 4.46 Å². The van der Waals surface area contributed by atoms with Crippen molar-refractivity contribution in [1.29, 1.82) is 0 Å². The van der Waals surface area contributed by atoms with Crippen molar-refractivity contribution in [3.8, 4) is 0 Å². The fourth-order valence-electron chi connectivity index (χ4n) is 2.50. The quantitative estimate of drug-likeness (QED) is 0.432. The maximum atomic E-state index is 13.6. The van der Waals surface area contributed by atoms with Crippen LogP contribution in [0.4, 0.5) is 0 Å². The van der Waals surface area contributed by atoms with Crippen molar-refractivity contribution in [1.82, 2.24) is 0 Å². The van der Waals surface area contributed by atoms with Crippen LogP contribution in [0.3, 0.4) is 0 Å². The molecule has 0 aliphatic rings. The molecule has 8 heteroatoms. The minimum atomic E-state index is -4.25. The molecule has 0 heterocycles. The van der Waals surface area contributed by atoms with E-state index in [2.05, 4.69) is 0 Å². The third-order valence-corrected chi connectivity index (χ3v) is 10.3. The molecule has 0 aliphatic heterocycles. The molecule has 0 saturated heterocycles. The van der Waals surface area contributed by atoms with Gasteiger partial charge in [0.15, 0.2) is 0 Å². The van der Waals surface area contributed by atoms with Crippen LogP contribution in [-0.2, 0) is 28.9 Å². The van der Waals surface area contributed by atoms with E-state index in [1.807, 2.05) is 6.92 Å². The van der Waals surface area contributed by atoms with Gasteiger partial charge in [0.1, 0.15) is 0 Å². The Labute approximate surface area is 171 Å². The van der Waals surface area contributed by atoms with Crippen molar-refractivity contribution in [3.05, 3.63) is 60.2 Å². The van der Waals surface area contributed by atoms with Crippen molar-refractivity contribution in [2.75, 3.05) is 13.7 Å². The summed E-state index contributed by atoms with van der Waals surface area (Å²) in [6.07, 6.45) is -0.618. The van der Waals surface area contributed by atoms with E-state index in [9.17, 15) is 18.0 Å². The Morgan fingerprint density at radius 3 is 2.18 bits per heavy atom. The van der Waals surface area contributed by atoms with E-state index in [0.29, 0.717) is 4.46 Å². The predicted octanol–water partition coefficient (Wildman–Crippen LogP) is 1.62. The van der Waals surface area contributed by atoms with E-state index in [-0.39, 0.29) is 11.5 Å². The van der Waals surface area contributed by atoms with Gasteiger partial charge in [-0.05, 0) is 0 Å². The van der Waals surface area contributed by atoms with Gasteiger partial charge in [-0.2, -0.15) is 0 Å². The molecule has 0 spiro atoms. The van der Waals surface area contributed by atoms with Gasteiger partial charge < -0.3 is 0 Å². The van der Waals surface area contributed by atoms with Crippen LogP contribution in [0.1, 0.15) is 18.9 Å². The predicted molar refractivity (Wildman–Crippen MR) is 106 cm³/mol. The summed E-state index contributed by atoms with van der Waals surface area (Å²) in [7, 11) is -3.09. The second-order valence-electron chi connectivity index (χ2n) is 5.96. The fourth-order valence-corrected chi connectivity index (χ4v) is 7.98. The Bertz CT molecular complexity index is 925. The molecule has 0 fully saturated rings. The minimum absolute atomic E-state index is 0.00393. The first-order valence-electron chi connectivity index (χ1n) is 8.56. The summed E-state index contributed by atoms with van der Waals surface area (Å²) in [5.41, 5.74) is 0.877. The van der Waals surface area contributed by atoms with E-state index >= 15 is 0 Å². The number of sulfone groups is 1. The van der Waals surface area contributed by atoms with Gasteiger partial charge in [-0.1, -0.05) is 0 Å². The SMILES string of the molecule is CCOC(=O)C(CC(=O)OC)([Se]c1ccccc1)S(=O)(=O)c1ccc(C)cc1. The summed E-state index contributed by atoms with van der Waals surface area (Å²) < 4.78 is 35.7. The first-order chi connectivity index (χ1) is 13.3. The van der Waals surface area contributed by atoms with Gasteiger partial charge in [0.05, 0.1) is 0 Å². The normalized spacial score (nSPS) is 13.4. The zero-order valence-corrected chi connectivity index (χ0v) is 18.4. The first-order valence-corrected chi connectivity index (χ1v) is 11.8. The Morgan fingerprint density at radius 1 is 1.04 bits per heavy atom. The molecule has 2 aromatic carbocycles. The average Bonchev–Trinajstić information content (AvgIpc) is 2.68. The van der Waals surface area contributed by atoms with E-state index in [4.69, 9.17) is 9.47 Å². The van der Waals surface area contributed by atoms with Gasteiger partial charge in [-0.25, -0.2) is 0 Å². The van der Waals surface area contributed by atoms with Crippen LogP contribution in [0.5, 0.6) is 0 Å². The third kappa shape index (κ3) is 4.63. The van der Waals surface area contributed by atoms with E-state index in [1.165, 1.54) is 12.1 Å².